The molecule has 4 aromatic heterocycles. The van der Waals surface area contributed by atoms with E-state index in [0.29, 0.717) is 56.3 Å². The predicted molar refractivity (Wildman–Crippen MR) is 540 cm³/mol. The van der Waals surface area contributed by atoms with E-state index in [1.54, 1.807) is 31.4 Å². The third-order valence-corrected chi connectivity index (χ3v) is 26.4. The number of ether oxygens (including phenoxy) is 7. The van der Waals surface area contributed by atoms with Crippen molar-refractivity contribution in [3.63, 3.8) is 0 Å². The Balaban J connectivity index is 0.000000166. The van der Waals surface area contributed by atoms with Gasteiger partial charge in [-0.1, -0.05) is 236 Å². The molecule has 695 valence electrons. The Morgan fingerprint density at radius 3 is 1.34 bits per heavy atom. The van der Waals surface area contributed by atoms with Crippen molar-refractivity contribution in [2.45, 2.75) is 98.0 Å². The number of carboxylic acid groups (broad SMARTS) is 2. The van der Waals surface area contributed by atoms with Gasteiger partial charge in [-0.3, -0.25) is 9.67 Å². The van der Waals surface area contributed by atoms with Crippen molar-refractivity contribution in [2.24, 2.45) is 7.05 Å². The summed E-state index contributed by atoms with van der Waals surface area (Å²) in [5.41, 5.74) is 24.3. The molecule has 14 aromatic carbocycles. The number of fused-ring (bicyclic) bond motifs is 12. The zero-order valence-electron chi connectivity index (χ0n) is 80.7. The Morgan fingerprint density at radius 1 is 0.449 bits per heavy atom. The van der Waals surface area contributed by atoms with E-state index in [2.05, 4.69) is 293 Å². The van der Waals surface area contributed by atoms with E-state index in [-0.39, 0.29) is 232 Å². The van der Waals surface area contributed by atoms with Gasteiger partial charge in [0.05, 0.1) is 125 Å². The molecule has 1 aliphatic rings. The first-order chi connectivity index (χ1) is 65.5. The van der Waals surface area contributed by atoms with Crippen LogP contribution < -0.4 is 153 Å². The molecule has 0 saturated carbocycles. The summed E-state index contributed by atoms with van der Waals surface area (Å²) >= 11 is 1.87. The number of carbonyl (C=O) groups excluding carboxylic acids is 2. The van der Waals surface area contributed by atoms with E-state index in [0.717, 1.165) is 69.0 Å². The summed E-state index contributed by atoms with van der Waals surface area (Å²) in [7, 11) is 3.56. The van der Waals surface area contributed by atoms with Crippen LogP contribution in [0, 0.1) is 19.9 Å². The van der Waals surface area contributed by atoms with Gasteiger partial charge in [0.2, 0.25) is 0 Å². The number of rotatable bonds is 32. The predicted octanol–water partition coefficient (Wildman–Crippen LogP) is 17.1. The first kappa shape index (κ1) is 105. The van der Waals surface area contributed by atoms with Crippen LogP contribution >= 0.6 is 11.3 Å². The Hall–Kier alpha value is -8.75. The monoisotopic (exact) mass is 2270 g/mol. The number of hydrogen-bond acceptors (Lipinski definition) is 15. The molecule has 18 aromatic rings. The summed E-state index contributed by atoms with van der Waals surface area (Å²) in [5.74, 6) is -0.943. The molecule has 0 spiro atoms. The summed E-state index contributed by atoms with van der Waals surface area (Å²) in [6.45, 7) is 23.0. The molecule has 138 heavy (non-hydrogen) atoms. The number of aromatic nitrogens is 5. The second kappa shape index (κ2) is 47.4. The number of nitrogens with zero attached hydrogens (tertiary/aromatic N) is 5. The van der Waals surface area contributed by atoms with Crippen molar-refractivity contribution in [1.82, 2.24) is 23.9 Å². The number of hydrogen-bond donors (Lipinski definition) is 1. The van der Waals surface area contributed by atoms with Crippen LogP contribution in [0.4, 0.5) is 0 Å². The van der Waals surface area contributed by atoms with Crippen molar-refractivity contribution < 1.29 is 216 Å². The summed E-state index contributed by atoms with van der Waals surface area (Å²) in [4.78, 5) is 30.3. The van der Waals surface area contributed by atoms with Gasteiger partial charge < -0.3 is 67.2 Å². The molecule has 21 heteroatoms. The number of aromatic carboxylic acids is 2. The Bertz CT molecular complexity index is 6870. The summed E-state index contributed by atoms with van der Waals surface area (Å²) in [6, 6.07) is 106. The Morgan fingerprint density at radius 2 is 0.884 bits per heavy atom. The van der Waals surface area contributed by atoms with E-state index < -0.39 is 17.4 Å². The number of aliphatic hydroxyl groups excluding tert-OH is 1. The van der Waals surface area contributed by atoms with Gasteiger partial charge in [0.15, 0.2) is 0 Å². The smallest absolute Gasteiger partial charge is 0.545 e. The van der Waals surface area contributed by atoms with E-state index in [1.165, 1.54) is 114 Å². The first-order valence-corrected chi connectivity index (χ1v) is 47.1. The molecule has 0 saturated heterocycles. The maximum atomic E-state index is 12.8. The van der Waals surface area contributed by atoms with Crippen molar-refractivity contribution in [3.05, 3.63) is 364 Å². The van der Waals surface area contributed by atoms with Crippen LogP contribution in [0.25, 0.3) is 131 Å². The maximum absolute atomic E-state index is 12.8. The molecule has 0 unspecified atom stereocenters. The van der Waals surface area contributed by atoms with Crippen LogP contribution in [0.15, 0.2) is 291 Å². The summed E-state index contributed by atoms with van der Waals surface area (Å²) in [5, 5.41) is 46.7. The minimum Gasteiger partial charge on any atom is -0.545 e. The van der Waals surface area contributed by atoms with Crippen LogP contribution in [-0.2, 0) is 84.8 Å². The third kappa shape index (κ3) is 23.1. The fourth-order valence-corrected chi connectivity index (χ4v) is 19.6. The first-order valence-electron chi connectivity index (χ1n) is 46.3. The SMILES string of the molecule is CCCc1nc(-c2[c-]ccc(-c3cc(-c4ccc(C(C)(C)C)cc4)cc(-c4ccc(C(C)(C)C)cc4)c3)c2)n(C)n1.COCCOCCOCCOc1ccc(C2(c3ccc(COCCOCCOCCO)c(C(=O)[O-])c3)c3cc(C)ccc3-c3ccc(C)cc32)cc1C(=O)[O-].[Cs+].[Cs+].[Ir].c1ccc2c(c1)c1ccccc1n2-c1ccc2sc3ccc(-n4c5ccccc5c5ccccc54)cc3c2c1. The minimum atomic E-state index is -1.42. The van der Waals surface area contributed by atoms with Gasteiger partial charge in [-0.2, -0.15) is 5.10 Å². The zero-order chi connectivity index (χ0) is 94.1. The second-order valence-electron chi connectivity index (χ2n) is 36.4. The fraction of sp³-hybridized carbons (Fsp3) is 0.248. The number of thiophene rings is 1. The number of methoxy groups -OCH3 is 1. The molecule has 0 atom stereocenters. The van der Waals surface area contributed by atoms with E-state index in [1.807, 2.05) is 79.4 Å². The number of carboxylic acids is 2. The van der Waals surface area contributed by atoms with Gasteiger partial charge in [0.25, 0.3) is 0 Å². The molecule has 17 nitrogen and oxygen atoms in total. The molecule has 0 amide bonds. The Kier molecular flexibility index (Phi) is 36.1. The van der Waals surface area contributed by atoms with Crippen LogP contribution in [0.5, 0.6) is 5.75 Å². The van der Waals surface area contributed by atoms with Gasteiger partial charge in [-0.05, 0) is 206 Å². The summed E-state index contributed by atoms with van der Waals surface area (Å²) < 4.78 is 47.6. The molecule has 1 N–H and O–H groups in total. The van der Waals surface area contributed by atoms with Crippen LogP contribution in [0.2, 0.25) is 0 Å². The van der Waals surface area contributed by atoms with Gasteiger partial charge in [0, 0.05) is 105 Å². The van der Waals surface area contributed by atoms with Crippen LogP contribution in [0.3, 0.4) is 0 Å². The molecule has 4 heterocycles. The number of aliphatic hydroxyl groups is 1. The minimum absolute atomic E-state index is 0. The van der Waals surface area contributed by atoms with E-state index >= 15 is 0 Å². The van der Waals surface area contributed by atoms with Crippen molar-refractivity contribution in [2.75, 3.05) is 86.4 Å². The van der Waals surface area contributed by atoms with Gasteiger partial charge in [0.1, 0.15) is 18.2 Å². The van der Waals surface area contributed by atoms with Gasteiger partial charge in [-0.15, -0.1) is 46.7 Å². The van der Waals surface area contributed by atoms with Gasteiger partial charge in [-0.25, -0.2) is 0 Å². The van der Waals surface area contributed by atoms with Gasteiger partial charge >= 0.3 is 138 Å². The molecule has 1 aliphatic carbocycles. The molecule has 19 rings (SSSR count). The topological polar surface area (TPSA) is 206 Å². The third-order valence-electron chi connectivity index (χ3n) is 25.2. The number of carbonyl (C=O) groups is 2. The molecule has 0 aliphatic heterocycles. The molecule has 1 radical (unpaired) electrons. The number of benzene rings is 14. The summed E-state index contributed by atoms with van der Waals surface area (Å²) in [6.07, 6.45) is 1.90. The maximum Gasteiger partial charge on any atom is 1.00 e. The standard InChI is InChI=1S/C43H50O12.C38H42N3.C36H22N2S.2Cs.Ir/c1-29-4-9-34-35-10-5-30(2)25-39(35)43(38(34)24-29,32-7-6-31(36(26-32)41(45)46)28-54-21-20-52-17-16-50-13-12-44)33-8-11-40(37(27-33)42(47)48)55-23-22-53-19-18-51-15-14-49-3;1-9-11-35-39-36(41(8)40-35)29-13-10-12-28(22-29)32-24-30(26-14-18-33(19-15-26)37(2,3)4)23-31(25-32)27-16-20-34(21-17-27)38(5,6)7;1-5-13-31-25(9-1)26-10-2-6-14-32(26)37(31)23-17-19-35-29(21-23)30-22-24(18-20-36(30)39-35)38-33-15-7-3-11-27(33)28-12-4-8-16-34(28)38;;;/h4-11,24-27,44H,12-23,28H2,1-3H3,(H,45,46)(H,47,48);10,12,14-25H,9,11H2,1-8H3;1-22H;;;/q;-1;;2*+1;/p-2. The van der Waals surface area contributed by atoms with Crippen molar-refractivity contribution in [3.8, 4) is 73.0 Å². The van der Waals surface area contributed by atoms with Crippen molar-refractivity contribution >= 4 is 87.1 Å². The largest absolute Gasteiger partial charge is 1.00 e. The molecule has 0 fully saturated rings. The van der Waals surface area contributed by atoms with E-state index in [9.17, 15) is 19.8 Å². The number of para-hydroxylation sites is 4. The molecular formula is C117H112Cs2IrN5O12S-. The quantitative estimate of drug-likeness (QED) is 0.0308. The van der Waals surface area contributed by atoms with Crippen molar-refractivity contribution in [1.29, 1.82) is 0 Å². The second-order valence-corrected chi connectivity index (χ2v) is 37.5. The molecular weight excluding hydrogens is 2160 g/mol. The average molecular weight is 2270 g/mol. The normalized spacial score (nSPS) is 12.1. The number of aryl methyl sites for hydroxylation is 4. The van der Waals surface area contributed by atoms with Crippen LogP contribution in [-0.4, -0.2) is 127 Å². The molecule has 0 bridgehead atoms. The van der Waals surface area contributed by atoms with Crippen LogP contribution in [0.1, 0.15) is 131 Å². The zero-order valence-corrected chi connectivity index (χ0v) is 96.5. The average Bonchev–Trinajstić information content (AvgIpc) is 1.52. The van der Waals surface area contributed by atoms with E-state index in [4.69, 9.17) is 43.2 Å². The fourth-order valence-electron chi connectivity index (χ4n) is 18.5. The Labute approximate surface area is 942 Å².